The van der Waals surface area contributed by atoms with E-state index >= 15 is 0 Å². The highest BCUT2D eigenvalue weighted by atomic mass is 19.4. The van der Waals surface area contributed by atoms with E-state index in [4.69, 9.17) is 4.74 Å². The number of carbonyl (C=O) groups excluding carboxylic acids is 1. The summed E-state index contributed by atoms with van der Waals surface area (Å²) in [6, 6.07) is 13.0. The Morgan fingerprint density at radius 1 is 1.17 bits per heavy atom. The second-order valence-electron chi connectivity index (χ2n) is 9.83. The van der Waals surface area contributed by atoms with Crippen molar-refractivity contribution < 1.29 is 22.7 Å². The Morgan fingerprint density at radius 2 is 1.97 bits per heavy atom. The maximum atomic E-state index is 13.1. The number of nitrogens with zero attached hydrogens (tertiary/aromatic N) is 1. The first-order valence-electron chi connectivity index (χ1n) is 12.0. The molecule has 1 amide bonds. The maximum Gasteiger partial charge on any atom is 0.416 e. The fraction of sp³-hybridized carbons (Fsp3) is 0.444. The summed E-state index contributed by atoms with van der Waals surface area (Å²) in [5, 5.41) is 4.19. The lowest BCUT2D eigenvalue weighted by atomic mass is 9.88. The van der Waals surface area contributed by atoms with Gasteiger partial charge in [-0.2, -0.15) is 13.2 Å². The number of H-pyrrole nitrogens is 1. The summed E-state index contributed by atoms with van der Waals surface area (Å²) in [6.07, 6.45) is -1.78. The summed E-state index contributed by atoms with van der Waals surface area (Å²) < 4.78 is 45.0. The van der Waals surface area contributed by atoms with Gasteiger partial charge in [-0.05, 0) is 42.2 Å². The number of hydrogen-bond acceptors (Lipinski definition) is 3. The molecule has 2 heterocycles. The number of hydrogen-bond donors (Lipinski definition) is 2. The number of ether oxygens (including phenoxy) is 1. The molecule has 2 atom stereocenters. The monoisotopic (exact) mass is 487 g/mol. The van der Waals surface area contributed by atoms with Crippen LogP contribution in [0, 0.1) is 17.8 Å². The fourth-order valence-electron chi connectivity index (χ4n) is 4.67. The van der Waals surface area contributed by atoms with Crippen molar-refractivity contribution in [1.82, 2.24) is 15.2 Å². The topological polar surface area (TPSA) is 57.4 Å². The second kappa shape index (κ2) is 10.7. The molecule has 0 saturated carbocycles. The van der Waals surface area contributed by atoms with Crippen molar-refractivity contribution in [3.05, 3.63) is 65.9 Å². The molecule has 0 bridgehead atoms. The Morgan fingerprint density at radius 3 is 2.74 bits per heavy atom. The minimum Gasteiger partial charge on any atom is -0.493 e. The number of fused-ring (bicyclic) bond motifs is 1. The number of halogens is 3. The van der Waals surface area contributed by atoms with Crippen molar-refractivity contribution in [3.63, 3.8) is 0 Å². The Kier molecular flexibility index (Phi) is 7.69. The van der Waals surface area contributed by atoms with Crippen LogP contribution in [-0.4, -0.2) is 42.0 Å². The molecule has 2 aromatic carbocycles. The van der Waals surface area contributed by atoms with Crippen LogP contribution < -0.4 is 10.1 Å². The normalized spacial score (nSPS) is 19.3. The minimum atomic E-state index is -4.42. The molecule has 0 spiro atoms. The van der Waals surface area contributed by atoms with Crippen molar-refractivity contribution in [2.24, 2.45) is 17.8 Å². The molecule has 1 aliphatic heterocycles. The van der Waals surface area contributed by atoms with Crippen LogP contribution in [0.25, 0.3) is 10.9 Å². The molecule has 0 unspecified atom stereocenters. The average molecular weight is 488 g/mol. The predicted octanol–water partition coefficient (Wildman–Crippen LogP) is 5.48. The average Bonchev–Trinajstić information content (AvgIpc) is 3.23. The molecule has 0 aliphatic carbocycles. The van der Waals surface area contributed by atoms with Gasteiger partial charge in [-0.3, -0.25) is 9.69 Å². The van der Waals surface area contributed by atoms with Gasteiger partial charge in [0.15, 0.2) is 0 Å². The van der Waals surface area contributed by atoms with E-state index in [0.29, 0.717) is 38.5 Å². The summed E-state index contributed by atoms with van der Waals surface area (Å²) >= 11 is 0. The van der Waals surface area contributed by atoms with Crippen LogP contribution in [0.3, 0.4) is 0 Å². The molecule has 8 heteroatoms. The molecule has 1 aliphatic rings. The Balaban J connectivity index is 1.47. The summed E-state index contributed by atoms with van der Waals surface area (Å²) in [4.78, 5) is 18.5. The minimum absolute atomic E-state index is 0.0123. The molecule has 3 aromatic rings. The SMILES string of the molecule is CC(C)CNC(=O)[C@@H]1C[C@H](COc2cccc(C(F)(F)F)c2)CN(Cc2c[nH]c3ccccc23)C1. The Labute approximate surface area is 203 Å². The molecule has 0 radical (unpaired) electrons. The van der Waals surface area contributed by atoms with Gasteiger partial charge in [0.2, 0.25) is 5.91 Å². The largest absolute Gasteiger partial charge is 0.493 e. The second-order valence-corrected chi connectivity index (χ2v) is 9.83. The number of likely N-dealkylation sites (tertiary alicyclic amines) is 1. The van der Waals surface area contributed by atoms with Gasteiger partial charge in [0.1, 0.15) is 5.75 Å². The van der Waals surface area contributed by atoms with Gasteiger partial charge < -0.3 is 15.0 Å². The molecule has 5 nitrogen and oxygen atoms in total. The number of benzene rings is 2. The maximum absolute atomic E-state index is 13.1. The van der Waals surface area contributed by atoms with E-state index in [9.17, 15) is 18.0 Å². The number of piperidine rings is 1. The van der Waals surface area contributed by atoms with Crippen molar-refractivity contribution in [1.29, 1.82) is 0 Å². The van der Waals surface area contributed by atoms with Crippen molar-refractivity contribution in [3.8, 4) is 5.75 Å². The molecule has 4 rings (SSSR count). The smallest absolute Gasteiger partial charge is 0.416 e. The van der Waals surface area contributed by atoms with Crippen LogP contribution in [0.4, 0.5) is 13.2 Å². The van der Waals surface area contributed by atoms with Gasteiger partial charge in [0, 0.05) is 49.2 Å². The van der Waals surface area contributed by atoms with Gasteiger partial charge in [0.05, 0.1) is 18.1 Å². The third-order valence-corrected chi connectivity index (χ3v) is 6.38. The van der Waals surface area contributed by atoms with Crippen LogP contribution in [-0.2, 0) is 17.5 Å². The molecule has 2 N–H and O–H groups in total. The first-order valence-corrected chi connectivity index (χ1v) is 12.0. The molecule has 1 saturated heterocycles. The van der Waals surface area contributed by atoms with E-state index in [1.807, 2.05) is 24.4 Å². The molecule has 188 valence electrons. The first-order chi connectivity index (χ1) is 16.7. The van der Waals surface area contributed by atoms with Crippen LogP contribution in [0.5, 0.6) is 5.75 Å². The zero-order valence-electron chi connectivity index (χ0n) is 20.1. The number of amides is 1. The Hall–Kier alpha value is -3.00. The van der Waals surface area contributed by atoms with Crippen LogP contribution in [0.1, 0.15) is 31.4 Å². The lowest BCUT2D eigenvalue weighted by molar-refractivity contribution is -0.137. The summed E-state index contributed by atoms with van der Waals surface area (Å²) in [6.45, 7) is 6.98. The van der Waals surface area contributed by atoms with Crippen LogP contribution in [0.15, 0.2) is 54.7 Å². The van der Waals surface area contributed by atoms with Gasteiger partial charge in [-0.1, -0.05) is 38.1 Å². The molecule has 1 aromatic heterocycles. The lowest BCUT2D eigenvalue weighted by Crippen LogP contribution is -2.47. The van der Waals surface area contributed by atoms with E-state index < -0.39 is 11.7 Å². The van der Waals surface area contributed by atoms with Gasteiger partial charge >= 0.3 is 6.18 Å². The molecular formula is C27H32F3N3O2. The van der Waals surface area contributed by atoms with Crippen molar-refractivity contribution in [2.75, 3.05) is 26.2 Å². The van der Waals surface area contributed by atoms with Crippen LogP contribution >= 0.6 is 0 Å². The highest BCUT2D eigenvalue weighted by Gasteiger charge is 2.33. The van der Waals surface area contributed by atoms with Gasteiger partial charge in [0.25, 0.3) is 0 Å². The quantitative estimate of drug-likeness (QED) is 0.443. The third kappa shape index (κ3) is 6.57. The molecule has 35 heavy (non-hydrogen) atoms. The highest BCUT2D eigenvalue weighted by Crippen LogP contribution is 2.32. The zero-order chi connectivity index (χ0) is 25.0. The zero-order valence-corrected chi connectivity index (χ0v) is 20.1. The van der Waals surface area contributed by atoms with E-state index in [2.05, 4.69) is 35.1 Å². The summed E-state index contributed by atoms with van der Waals surface area (Å²) in [5.74, 6) is 0.367. The third-order valence-electron chi connectivity index (χ3n) is 6.38. The number of para-hydroxylation sites is 1. The highest BCUT2D eigenvalue weighted by molar-refractivity contribution is 5.83. The number of nitrogens with one attached hydrogen (secondary N) is 2. The standard InChI is InChI=1S/C27H32F3N3O2/c1-18(2)12-32-26(34)20-10-19(17-35-23-7-5-6-22(11-23)27(28,29)30)14-33(15-20)16-21-13-31-25-9-4-3-8-24(21)25/h3-9,11,13,18-20,31H,10,12,14-17H2,1-2H3,(H,32,34)/t19-,20+/m0/s1. The van der Waals surface area contributed by atoms with E-state index in [0.717, 1.165) is 28.6 Å². The van der Waals surface area contributed by atoms with Crippen molar-refractivity contribution in [2.45, 2.75) is 33.0 Å². The number of rotatable bonds is 8. The van der Waals surface area contributed by atoms with E-state index in [1.165, 1.54) is 12.1 Å². The lowest BCUT2D eigenvalue weighted by Gasteiger charge is -2.37. The Bertz CT molecular complexity index is 1140. The van der Waals surface area contributed by atoms with E-state index in [-0.39, 0.29) is 30.1 Å². The predicted molar refractivity (Wildman–Crippen MR) is 130 cm³/mol. The van der Waals surface area contributed by atoms with E-state index in [1.54, 1.807) is 0 Å². The molecule has 1 fully saturated rings. The van der Waals surface area contributed by atoms with Crippen LogP contribution in [0.2, 0.25) is 0 Å². The summed E-state index contributed by atoms with van der Waals surface area (Å²) in [5.41, 5.74) is 1.49. The van der Waals surface area contributed by atoms with Gasteiger partial charge in [-0.25, -0.2) is 0 Å². The van der Waals surface area contributed by atoms with Crippen molar-refractivity contribution >= 4 is 16.8 Å². The van der Waals surface area contributed by atoms with Gasteiger partial charge in [-0.15, -0.1) is 0 Å². The number of alkyl halides is 3. The number of aromatic nitrogens is 1. The summed E-state index contributed by atoms with van der Waals surface area (Å²) in [7, 11) is 0. The number of aromatic amines is 1. The molecular weight excluding hydrogens is 455 g/mol. The number of carbonyl (C=O) groups is 1. The first kappa shape index (κ1) is 25.1. The fourth-order valence-corrected chi connectivity index (χ4v) is 4.67.